The molecule has 0 aliphatic carbocycles. The highest BCUT2D eigenvalue weighted by molar-refractivity contribution is 5.78. The number of carbonyl (C=O) groups is 1. The van der Waals surface area contributed by atoms with Gasteiger partial charge in [-0.15, -0.1) is 0 Å². The summed E-state index contributed by atoms with van der Waals surface area (Å²) in [6, 6.07) is 0.208. The zero-order valence-electron chi connectivity index (χ0n) is 15.3. The standard InChI is InChI=1S/C18H35N3O3/c1-15-5-9-20(10-6-15)11-17(24)21(12-18(2,13-22)14-23)16-3-7-19-8-4-16/h15-16,19,22-23H,3-14H2,1-2H3. The van der Waals surface area contributed by atoms with Crippen molar-refractivity contribution < 1.29 is 15.0 Å². The Kier molecular flexibility index (Phi) is 7.47. The summed E-state index contributed by atoms with van der Waals surface area (Å²) in [4.78, 5) is 17.2. The SMILES string of the molecule is CC1CCN(CC(=O)N(CC(C)(CO)CO)C2CCNCC2)CC1. The van der Waals surface area contributed by atoms with Crippen LogP contribution in [0.25, 0.3) is 0 Å². The van der Waals surface area contributed by atoms with Gasteiger partial charge in [0.05, 0.1) is 19.8 Å². The van der Waals surface area contributed by atoms with Gasteiger partial charge in [0, 0.05) is 18.0 Å². The van der Waals surface area contributed by atoms with Crippen LogP contribution in [-0.4, -0.2) is 84.4 Å². The van der Waals surface area contributed by atoms with E-state index in [4.69, 9.17) is 0 Å². The highest BCUT2D eigenvalue weighted by atomic mass is 16.3. The Balaban J connectivity index is 2.01. The van der Waals surface area contributed by atoms with Crippen LogP contribution >= 0.6 is 0 Å². The molecule has 2 fully saturated rings. The first-order chi connectivity index (χ1) is 11.5. The van der Waals surface area contributed by atoms with Crippen LogP contribution in [0, 0.1) is 11.3 Å². The largest absolute Gasteiger partial charge is 0.396 e. The summed E-state index contributed by atoms with van der Waals surface area (Å²) in [5.74, 6) is 0.897. The van der Waals surface area contributed by atoms with Gasteiger partial charge < -0.3 is 20.4 Å². The van der Waals surface area contributed by atoms with Crippen molar-refractivity contribution in [3.8, 4) is 0 Å². The van der Waals surface area contributed by atoms with Gasteiger partial charge in [-0.25, -0.2) is 0 Å². The summed E-state index contributed by atoms with van der Waals surface area (Å²) in [5.41, 5.74) is -0.642. The monoisotopic (exact) mass is 341 g/mol. The highest BCUT2D eigenvalue weighted by Gasteiger charge is 2.33. The van der Waals surface area contributed by atoms with Gasteiger partial charge in [0.1, 0.15) is 0 Å². The van der Waals surface area contributed by atoms with Crippen LogP contribution < -0.4 is 5.32 Å². The number of piperidine rings is 2. The van der Waals surface area contributed by atoms with Crippen LogP contribution in [0.5, 0.6) is 0 Å². The first kappa shape index (κ1) is 19.6. The molecule has 0 atom stereocenters. The number of aliphatic hydroxyl groups is 2. The maximum absolute atomic E-state index is 13.0. The first-order valence-corrected chi connectivity index (χ1v) is 9.41. The Bertz CT molecular complexity index is 387. The average molecular weight is 341 g/mol. The Labute approximate surface area is 146 Å². The summed E-state index contributed by atoms with van der Waals surface area (Å²) >= 11 is 0. The maximum atomic E-state index is 13.0. The van der Waals surface area contributed by atoms with E-state index in [1.54, 1.807) is 0 Å². The Morgan fingerprint density at radius 1 is 1.17 bits per heavy atom. The molecule has 6 nitrogen and oxygen atoms in total. The Morgan fingerprint density at radius 3 is 2.29 bits per heavy atom. The molecule has 2 aliphatic rings. The lowest BCUT2D eigenvalue weighted by Crippen LogP contribution is -2.54. The number of amides is 1. The molecule has 6 heteroatoms. The lowest BCUT2D eigenvalue weighted by molar-refractivity contribution is -0.138. The average Bonchev–Trinajstić information content (AvgIpc) is 2.62. The van der Waals surface area contributed by atoms with Gasteiger partial charge in [0.15, 0.2) is 0 Å². The van der Waals surface area contributed by atoms with Crippen LogP contribution in [0.3, 0.4) is 0 Å². The molecule has 0 unspecified atom stereocenters. The molecule has 0 bridgehead atoms. The summed E-state index contributed by atoms with van der Waals surface area (Å²) in [6.07, 6.45) is 4.20. The van der Waals surface area contributed by atoms with E-state index in [0.717, 1.165) is 57.8 Å². The molecule has 1 amide bonds. The molecule has 0 spiro atoms. The second-order valence-corrected chi connectivity index (χ2v) is 8.09. The number of nitrogens with one attached hydrogen (secondary N) is 1. The minimum absolute atomic E-state index is 0.112. The number of likely N-dealkylation sites (tertiary alicyclic amines) is 1. The summed E-state index contributed by atoms with van der Waals surface area (Å²) in [6.45, 7) is 8.60. The van der Waals surface area contributed by atoms with Crippen molar-refractivity contribution in [2.75, 3.05) is 52.5 Å². The zero-order valence-corrected chi connectivity index (χ0v) is 15.3. The fourth-order valence-corrected chi connectivity index (χ4v) is 3.60. The van der Waals surface area contributed by atoms with Gasteiger partial charge in [-0.3, -0.25) is 9.69 Å². The smallest absolute Gasteiger partial charge is 0.237 e. The van der Waals surface area contributed by atoms with Crippen LogP contribution in [-0.2, 0) is 4.79 Å². The predicted octanol–water partition coefficient (Wildman–Crippen LogP) is 0.290. The van der Waals surface area contributed by atoms with Gasteiger partial charge in [-0.1, -0.05) is 13.8 Å². The molecule has 0 aromatic heterocycles. The van der Waals surface area contributed by atoms with Gasteiger partial charge in [0.25, 0.3) is 0 Å². The molecule has 0 saturated carbocycles. The number of nitrogens with zero attached hydrogens (tertiary/aromatic N) is 2. The number of aliphatic hydroxyl groups excluding tert-OH is 2. The molecular formula is C18H35N3O3. The molecule has 140 valence electrons. The third-order valence-corrected chi connectivity index (χ3v) is 5.62. The lowest BCUT2D eigenvalue weighted by atomic mass is 9.90. The van der Waals surface area contributed by atoms with Crippen LogP contribution in [0.2, 0.25) is 0 Å². The van der Waals surface area contributed by atoms with E-state index in [1.807, 2.05) is 11.8 Å². The predicted molar refractivity (Wildman–Crippen MR) is 94.7 cm³/mol. The molecule has 2 heterocycles. The normalized spacial score (nSPS) is 21.8. The Hall–Kier alpha value is -0.690. The van der Waals surface area contributed by atoms with Gasteiger partial charge in [-0.05, 0) is 57.8 Å². The molecule has 2 saturated heterocycles. The van der Waals surface area contributed by atoms with Crippen LogP contribution in [0.1, 0.15) is 39.5 Å². The highest BCUT2D eigenvalue weighted by Crippen LogP contribution is 2.23. The van der Waals surface area contributed by atoms with Crippen molar-refractivity contribution in [1.29, 1.82) is 0 Å². The van der Waals surface area contributed by atoms with Crippen molar-refractivity contribution in [2.45, 2.75) is 45.6 Å². The molecule has 3 N–H and O–H groups in total. The fraction of sp³-hybridized carbons (Fsp3) is 0.944. The van der Waals surface area contributed by atoms with E-state index >= 15 is 0 Å². The molecule has 0 aromatic rings. The fourth-order valence-electron chi connectivity index (χ4n) is 3.60. The molecular weight excluding hydrogens is 306 g/mol. The van der Waals surface area contributed by atoms with Crippen molar-refractivity contribution in [1.82, 2.24) is 15.1 Å². The van der Waals surface area contributed by atoms with E-state index in [1.165, 1.54) is 0 Å². The summed E-state index contributed by atoms with van der Waals surface area (Å²) in [5, 5.41) is 22.6. The molecule has 2 rings (SSSR count). The lowest BCUT2D eigenvalue weighted by Gasteiger charge is -2.41. The number of hydrogen-bond acceptors (Lipinski definition) is 5. The van der Waals surface area contributed by atoms with Gasteiger partial charge in [0.2, 0.25) is 5.91 Å². The molecule has 0 radical (unpaired) electrons. The first-order valence-electron chi connectivity index (χ1n) is 9.41. The minimum atomic E-state index is -0.642. The van der Waals surface area contributed by atoms with Crippen molar-refractivity contribution >= 4 is 5.91 Å². The van der Waals surface area contributed by atoms with Crippen LogP contribution in [0.15, 0.2) is 0 Å². The molecule has 2 aliphatic heterocycles. The van der Waals surface area contributed by atoms with Crippen LogP contribution in [0.4, 0.5) is 0 Å². The summed E-state index contributed by atoms with van der Waals surface area (Å²) in [7, 11) is 0. The quantitative estimate of drug-likeness (QED) is 0.621. The van der Waals surface area contributed by atoms with E-state index in [9.17, 15) is 15.0 Å². The Morgan fingerprint density at radius 2 is 1.75 bits per heavy atom. The van der Waals surface area contributed by atoms with Gasteiger partial charge >= 0.3 is 0 Å². The molecule has 24 heavy (non-hydrogen) atoms. The second-order valence-electron chi connectivity index (χ2n) is 8.09. The summed E-state index contributed by atoms with van der Waals surface area (Å²) < 4.78 is 0. The van der Waals surface area contributed by atoms with E-state index < -0.39 is 5.41 Å². The number of rotatable bonds is 7. The van der Waals surface area contributed by atoms with Crippen molar-refractivity contribution in [3.63, 3.8) is 0 Å². The van der Waals surface area contributed by atoms with E-state index in [0.29, 0.717) is 13.1 Å². The van der Waals surface area contributed by atoms with Crippen molar-refractivity contribution in [3.05, 3.63) is 0 Å². The zero-order chi connectivity index (χ0) is 17.6. The van der Waals surface area contributed by atoms with Crippen molar-refractivity contribution in [2.24, 2.45) is 11.3 Å². The maximum Gasteiger partial charge on any atom is 0.237 e. The minimum Gasteiger partial charge on any atom is -0.396 e. The van der Waals surface area contributed by atoms with E-state index in [-0.39, 0.29) is 25.2 Å². The third kappa shape index (κ3) is 5.41. The number of hydrogen-bond donors (Lipinski definition) is 3. The van der Waals surface area contributed by atoms with E-state index in [2.05, 4.69) is 17.1 Å². The number of carbonyl (C=O) groups excluding carboxylic acids is 1. The third-order valence-electron chi connectivity index (χ3n) is 5.62. The molecule has 0 aromatic carbocycles. The van der Waals surface area contributed by atoms with Gasteiger partial charge in [-0.2, -0.15) is 0 Å². The second kappa shape index (κ2) is 9.13. The topological polar surface area (TPSA) is 76.0 Å².